The van der Waals surface area contributed by atoms with E-state index < -0.39 is 17.5 Å². The van der Waals surface area contributed by atoms with Crippen LogP contribution in [-0.2, 0) is 29.4 Å². The molecule has 34 heavy (non-hydrogen) atoms. The molecule has 0 aromatic heterocycles. The van der Waals surface area contributed by atoms with Crippen molar-refractivity contribution in [2.45, 2.75) is 69.2 Å². The van der Waals surface area contributed by atoms with E-state index in [-0.39, 0.29) is 12.9 Å². The molecule has 3 saturated heterocycles. The summed E-state index contributed by atoms with van der Waals surface area (Å²) in [5.41, 5.74) is -0.214. The zero-order valence-electron chi connectivity index (χ0n) is 19.9. The first kappa shape index (κ1) is 23.1. The molecule has 3 fully saturated rings. The van der Waals surface area contributed by atoms with E-state index in [0.29, 0.717) is 23.2 Å². The molecule has 3 heterocycles. The third-order valence-corrected chi connectivity index (χ3v) is 8.22. The molecule has 3 aliphatic rings. The zero-order chi connectivity index (χ0) is 23.6. The fourth-order valence-electron chi connectivity index (χ4n) is 6.72. The van der Waals surface area contributed by atoms with Gasteiger partial charge in [0.05, 0.1) is 25.2 Å². The maximum Gasteiger partial charge on any atom is 0.348 e. The molecule has 0 amide bonds. The van der Waals surface area contributed by atoms with E-state index in [2.05, 4.69) is 0 Å². The Hall–Kier alpha value is -2.70. The van der Waals surface area contributed by atoms with Crippen LogP contribution in [0.3, 0.4) is 0 Å². The van der Waals surface area contributed by atoms with E-state index in [9.17, 15) is 9.59 Å². The van der Waals surface area contributed by atoms with Gasteiger partial charge in [-0.2, -0.15) is 0 Å². The quantitative estimate of drug-likeness (QED) is 0.347. The lowest BCUT2D eigenvalue weighted by atomic mass is 9.85. The van der Waals surface area contributed by atoms with Crippen molar-refractivity contribution in [3.8, 4) is 0 Å². The van der Waals surface area contributed by atoms with E-state index in [1.165, 1.54) is 50.2 Å². The van der Waals surface area contributed by atoms with Crippen molar-refractivity contribution < 1.29 is 28.3 Å². The number of ether oxygens (including phenoxy) is 3. The van der Waals surface area contributed by atoms with Gasteiger partial charge in [-0.05, 0) is 11.1 Å². The smallest absolute Gasteiger partial charge is 0.348 e. The summed E-state index contributed by atoms with van der Waals surface area (Å²) >= 11 is 0. The summed E-state index contributed by atoms with van der Waals surface area (Å²) in [5, 5.41) is 0. The minimum Gasteiger partial charge on any atom is -0.459 e. The van der Waals surface area contributed by atoms with Crippen molar-refractivity contribution in [1.29, 1.82) is 0 Å². The van der Waals surface area contributed by atoms with Gasteiger partial charge in [-0.15, -0.1) is 0 Å². The van der Waals surface area contributed by atoms with Gasteiger partial charge in [-0.3, -0.25) is 4.79 Å². The van der Waals surface area contributed by atoms with Crippen LogP contribution >= 0.6 is 0 Å². The molecule has 2 aromatic carbocycles. The molecule has 2 atom stereocenters. The van der Waals surface area contributed by atoms with Gasteiger partial charge in [-0.25, -0.2) is 4.79 Å². The fourth-order valence-corrected chi connectivity index (χ4v) is 6.72. The minimum absolute atomic E-state index is 0.126. The number of piperidine rings is 1. The van der Waals surface area contributed by atoms with Crippen LogP contribution in [0.2, 0.25) is 0 Å². The van der Waals surface area contributed by atoms with Crippen LogP contribution in [0.25, 0.3) is 0 Å². The van der Waals surface area contributed by atoms with E-state index >= 15 is 0 Å². The Labute approximate surface area is 201 Å². The summed E-state index contributed by atoms with van der Waals surface area (Å²) in [6, 6.07) is 19.9. The monoisotopic (exact) mass is 464 g/mol. The summed E-state index contributed by atoms with van der Waals surface area (Å²) in [5.74, 6) is -0.914. The Kier molecular flexibility index (Phi) is 6.45. The van der Waals surface area contributed by atoms with Gasteiger partial charge < -0.3 is 18.7 Å². The van der Waals surface area contributed by atoms with E-state index in [1.807, 2.05) is 60.7 Å². The third-order valence-electron chi connectivity index (χ3n) is 8.22. The highest BCUT2D eigenvalue weighted by atomic mass is 16.7. The van der Waals surface area contributed by atoms with E-state index in [1.54, 1.807) is 0 Å². The molecule has 6 nitrogen and oxygen atoms in total. The molecule has 5 rings (SSSR count). The summed E-state index contributed by atoms with van der Waals surface area (Å²) in [6.07, 6.45) is 6.77. The molecule has 0 saturated carbocycles. The molecule has 2 aromatic rings. The first-order valence-electron chi connectivity index (χ1n) is 12.5. The van der Waals surface area contributed by atoms with Gasteiger partial charge in [-0.1, -0.05) is 60.7 Å². The number of hydrogen-bond donors (Lipinski definition) is 0. The van der Waals surface area contributed by atoms with Crippen LogP contribution in [0.4, 0.5) is 0 Å². The molecular weight excluding hydrogens is 430 g/mol. The SMILES string of the molecule is CC(=O)OCOC(C(=O)OC1CC2CCC(C1)[N+]21CCCC1)(c1ccccc1)c1ccccc1. The standard InChI is InChI=1S/C28H34NO5/c1-21(30)32-20-33-28(22-10-4-2-5-11-22,23-12-6-3-7-13-23)27(31)34-26-18-24-14-15-25(19-26)29(24)16-8-9-17-29/h2-7,10-13,24-26H,8-9,14-20H2,1H3/q+1. The lowest BCUT2D eigenvalue weighted by molar-refractivity contribution is -0.956. The maximum absolute atomic E-state index is 14.1. The van der Waals surface area contributed by atoms with Crippen LogP contribution in [0.15, 0.2) is 60.7 Å². The van der Waals surface area contributed by atoms with Crippen molar-refractivity contribution in [3.63, 3.8) is 0 Å². The average molecular weight is 465 g/mol. The van der Waals surface area contributed by atoms with Gasteiger partial charge in [0.15, 0.2) is 6.79 Å². The Balaban J connectivity index is 1.45. The number of hydrogen-bond acceptors (Lipinski definition) is 5. The number of carbonyl (C=O) groups excluding carboxylic acids is 2. The molecule has 180 valence electrons. The predicted octanol–water partition coefficient (Wildman–Crippen LogP) is 4.31. The van der Waals surface area contributed by atoms with Crippen molar-refractivity contribution >= 4 is 11.9 Å². The number of rotatable bonds is 7. The lowest BCUT2D eigenvalue weighted by Gasteiger charge is -2.47. The van der Waals surface area contributed by atoms with Crippen molar-refractivity contribution in [1.82, 2.24) is 0 Å². The van der Waals surface area contributed by atoms with Gasteiger partial charge >= 0.3 is 11.9 Å². The van der Waals surface area contributed by atoms with E-state index in [4.69, 9.17) is 14.2 Å². The van der Waals surface area contributed by atoms with Gasteiger partial charge in [0.25, 0.3) is 0 Å². The second-order valence-corrected chi connectivity index (χ2v) is 9.95. The summed E-state index contributed by atoms with van der Waals surface area (Å²) < 4.78 is 18.8. The fraction of sp³-hybridized carbons (Fsp3) is 0.500. The summed E-state index contributed by atoms with van der Waals surface area (Å²) in [6.45, 7) is 3.53. The Bertz CT molecular complexity index is 946. The van der Waals surface area contributed by atoms with Crippen LogP contribution in [0, 0.1) is 0 Å². The van der Waals surface area contributed by atoms with Crippen molar-refractivity contribution in [3.05, 3.63) is 71.8 Å². The molecular formula is C28H34NO5+. The van der Waals surface area contributed by atoms with Crippen molar-refractivity contribution in [2.75, 3.05) is 19.9 Å². The number of nitrogens with zero attached hydrogens (tertiary/aromatic N) is 1. The van der Waals surface area contributed by atoms with Crippen LogP contribution in [-0.4, -0.2) is 54.5 Å². The highest BCUT2D eigenvalue weighted by molar-refractivity contribution is 5.86. The average Bonchev–Trinajstić information content (AvgIpc) is 3.39. The predicted molar refractivity (Wildman–Crippen MR) is 127 cm³/mol. The molecule has 2 bridgehead atoms. The van der Waals surface area contributed by atoms with Gasteiger partial charge in [0.2, 0.25) is 5.60 Å². The first-order chi connectivity index (χ1) is 16.5. The maximum atomic E-state index is 14.1. The number of esters is 2. The molecule has 2 unspecified atom stereocenters. The Morgan fingerprint density at radius 2 is 1.41 bits per heavy atom. The van der Waals surface area contributed by atoms with E-state index in [0.717, 1.165) is 12.8 Å². The molecule has 0 N–H and O–H groups in total. The number of quaternary nitrogens is 1. The van der Waals surface area contributed by atoms with Gasteiger partial charge in [0.1, 0.15) is 6.10 Å². The second-order valence-electron chi connectivity index (χ2n) is 9.95. The highest BCUT2D eigenvalue weighted by Crippen LogP contribution is 2.47. The van der Waals surface area contributed by atoms with Crippen molar-refractivity contribution in [2.24, 2.45) is 0 Å². The third kappa shape index (κ3) is 4.03. The largest absolute Gasteiger partial charge is 0.459 e. The molecule has 0 radical (unpaired) electrons. The molecule has 0 aliphatic carbocycles. The molecule has 6 heteroatoms. The molecule has 3 aliphatic heterocycles. The van der Waals surface area contributed by atoms with Crippen LogP contribution in [0.1, 0.15) is 56.6 Å². The number of benzene rings is 2. The number of carbonyl (C=O) groups is 2. The minimum atomic E-state index is -1.52. The lowest BCUT2D eigenvalue weighted by Crippen LogP contribution is -2.60. The normalized spacial score (nSPS) is 25.3. The summed E-state index contributed by atoms with van der Waals surface area (Å²) in [4.78, 5) is 25.5. The first-order valence-corrected chi connectivity index (χ1v) is 12.5. The van der Waals surface area contributed by atoms with Gasteiger partial charge in [0, 0.05) is 45.4 Å². The molecule has 1 spiro atoms. The highest BCUT2D eigenvalue weighted by Gasteiger charge is 2.56. The second kappa shape index (κ2) is 9.51. The Morgan fingerprint density at radius 1 is 0.882 bits per heavy atom. The van der Waals surface area contributed by atoms with Crippen LogP contribution in [0.5, 0.6) is 0 Å². The zero-order valence-corrected chi connectivity index (χ0v) is 19.9. The summed E-state index contributed by atoms with van der Waals surface area (Å²) in [7, 11) is 0. The topological polar surface area (TPSA) is 61.8 Å². The Morgan fingerprint density at radius 3 is 1.91 bits per heavy atom. The van der Waals surface area contributed by atoms with Crippen LogP contribution < -0.4 is 0 Å².